The first-order valence-electron chi connectivity index (χ1n) is 4.33. The van der Waals surface area contributed by atoms with Crippen molar-refractivity contribution in [1.82, 2.24) is 9.78 Å². The molecule has 0 aliphatic carbocycles. The van der Waals surface area contributed by atoms with Gasteiger partial charge in [-0.25, -0.2) is 9.48 Å². The predicted molar refractivity (Wildman–Crippen MR) is 51.4 cm³/mol. The summed E-state index contributed by atoms with van der Waals surface area (Å²) in [5.41, 5.74) is 0.240. The zero-order valence-electron chi connectivity index (χ0n) is 8.01. The van der Waals surface area contributed by atoms with E-state index in [1.807, 2.05) is 26.2 Å². The molecule has 0 saturated carbocycles. The van der Waals surface area contributed by atoms with E-state index < -0.39 is 5.97 Å². The van der Waals surface area contributed by atoms with E-state index >= 15 is 0 Å². The maximum atomic E-state index is 10.9. The third-order valence-corrected chi connectivity index (χ3v) is 2.31. The van der Waals surface area contributed by atoms with E-state index in [0.717, 1.165) is 0 Å². The summed E-state index contributed by atoms with van der Waals surface area (Å²) in [5.74, 6) is -0.312. The molecule has 2 rings (SSSR count). The largest absolute Gasteiger partial charge is 0.477 e. The highest BCUT2D eigenvalue weighted by Crippen LogP contribution is 2.27. The second kappa shape index (κ2) is 2.87. The van der Waals surface area contributed by atoms with Gasteiger partial charge in [0.15, 0.2) is 0 Å². The maximum Gasteiger partial charge on any atom is 0.341 e. The smallest absolute Gasteiger partial charge is 0.341 e. The molecule has 2 heterocycles. The van der Waals surface area contributed by atoms with E-state index in [1.165, 1.54) is 6.20 Å². The van der Waals surface area contributed by atoms with Crippen LogP contribution in [0.1, 0.15) is 23.3 Å². The number of aromatic carboxylic acids is 1. The summed E-state index contributed by atoms with van der Waals surface area (Å²) in [4.78, 5) is 12.6. The van der Waals surface area contributed by atoms with Crippen molar-refractivity contribution in [2.24, 2.45) is 0 Å². The number of rotatable bonds is 1. The van der Waals surface area contributed by atoms with Gasteiger partial charge in [-0.3, -0.25) is 0 Å². The quantitative estimate of drug-likeness (QED) is 0.725. The molecule has 0 aromatic carbocycles. The Kier molecular flexibility index (Phi) is 1.80. The molecule has 5 heteroatoms. The molecule has 0 spiro atoms. The number of anilines is 1. The molecule has 14 heavy (non-hydrogen) atoms. The molecule has 1 aromatic rings. The number of fused-ring (bicyclic) bond motifs is 1. The van der Waals surface area contributed by atoms with Crippen LogP contribution in [0.3, 0.4) is 0 Å². The summed E-state index contributed by atoms with van der Waals surface area (Å²) in [6, 6.07) is 0.106. The lowest BCUT2D eigenvalue weighted by Gasteiger charge is -2.24. The fourth-order valence-corrected chi connectivity index (χ4v) is 1.56. The van der Waals surface area contributed by atoms with Crippen molar-refractivity contribution in [1.29, 1.82) is 0 Å². The molecular weight excluding hydrogens is 182 g/mol. The molecule has 5 nitrogen and oxygen atoms in total. The Balaban J connectivity index is 2.57. The first-order valence-corrected chi connectivity index (χ1v) is 4.33. The van der Waals surface area contributed by atoms with Crippen molar-refractivity contribution in [2.45, 2.75) is 13.0 Å². The van der Waals surface area contributed by atoms with Crippen LogP contribution in [0.25, 0.3) is 0 Å². The van der Waals surface area contributed by atoms with E-state index in [0.29, 0.717) is 5.82 Å². The first-order chi connectivity index (χ1) is 6.61. The molecule has 0 fully saturated rings. The van der Waals surface area contributed by atoms with Crippen molar-refractivity contribution in [3.63, 3.8) is 0 Å². The third kappa shape index (κ3) is 1.09. The molecule has 0 bridgehead atoms. The second-order valence-corrected chi connectivity index (χ2v) is 3.32. The fourth-order valence-electron chi connectivity index (χ4n) is 1.56. The average molecular weight is 193 g/mol. The highest BCUT2D eigenvalue weighted by atomic mass is 16.4. The summed E-state index contributed by atoms with van der Waals surface area (Å²) in [7, 11) is 1.81. The van der Waals surface area contributed by atoms with Crippen LogP contribution in [0.4, 0.5) is 5.82 Å². The Morgan fingerprint density at radius 3 is 3.00 bits per heavy atom. The SMILES string of the molecule is C[C@H]1C=CN(C)c2c(C(=O)O)cnn21. The van der Waals surface area contributed by atoms with E-state index in [1.54, 1.807) is 9.58 Å². The van der Waals surface area contributed by atoms with E-state index in [2.05, 4.69) is 5.10 Å². The Hall–Kier alpha value is -1.78. The van der Waals surface area contributed by atoms with Crippen LogP contribution in [0.2, 0.25) is 0 Å². The molecule has 74 valence electrons. The zero-order chi connectivity index (χ0) is 10.3. The molecular formula is C9H11N3O2. The van der Waals surface area contributed by atoms with Crippen LogP contribution in [0.5, 0.6) is 0 Å². The third-order valence-electron chi connectivity index (χ3n) is 2.31. The van der Waals surface area contributed by atoms with Crippen LogP contribution in [-0.4, -0.2) is 27.9 Å². The van der Waals surface area contributed by atoms with Crippen LogP contribution >= 0.6 is 0 Å². The van der Waals surface area contributed by atoms with Crippen LogP contribution in [0, 0.1) is 0 Å². The van der Waals surface area contributed by atoms with Gasteiger partial charge >= 0.3 is 5.97 Å². The maximum absolute atomic E-state index is 10.9. The molecule has 1 aliphatic rings. The Morgan fingerprint density at radius 1 is 1.64 bits per heavy atom. The van der Waals surface area contributed by atoms with Gasteiger partial charge in [-0.15, -0.1) is 0 Å². The van der Waals surface area contributed by atoms with Gasteiger partial charge in [0.25, 0.3) is 0 Å². The summed E-state index contributed by atoms with van der Waals surface area (Å²) in [6.07, 6.45) is 5.21. The highest BCUT2D eigenvalue weighted by Gasteiger charge is 2.23. The summed E-state index contributed by atoms with van der Waals surface area (Å²) in [6.45, 7) is 1.96. The molecule has 1 aliphatic heterocycles. The topological polar surface area (TPSA) is 58.4 Å². The zero-order valence-corrected chi connectivity index (χ0v) is 8.01. The minimum absolute atomic E-state index is 0.106. The van der Waals surface area contributed by atoms with Gasteiger partial charge in [0.1, 0.15) is 11.4 Å². The van der Waals surface area contributed by atoms with Crippen LogP contribution in [-0.2, 0) is 0 Å². The number of carboxylic acids is 1. The molecule has 0 unspecified atom stereocenters. The number of carboxylic acid groups (broad SMARTS) is 1. The van der Waals surface area contributed by atoms with Gasteiger partial charge in [-0.05, 0) is 13.0 Å². The average Bonchev–Trinajstić information content (AvgIpc) is 2.56. The summed E-state index contributed by atoms with van der Waals surface area (Å²) < 4.78 is 1.70. The molecule has 0 radical (unpaired) electrons. The van der Waals surface area contributed by atoms with Crippen molar-refractivity contribution < 1.29 is 9.90 Å². The normalized spacial score (nSPS) is 19.6. The van der Waals surface area contributed by atoms with Gasteiger partial charge in [0.2, 0.25) is 0 Å². The number of hydrogen-bond acceptors (Lipinski definition) is 3. The first kappa shape index (κ1) is 8.80. The van der Waals surface area contributed by atoms with Crippen molar-refractivity contribution >= 4 is 11.8 Å². The van der Waals surface area contributed by atoms with Crippen LogP contribution in [0.15, 0.2) is 18.5 Å². The standard InChI is InChI=1S/C9H11N3O2/c1-6-3-4-11(2)8-7(9(13)14)5-10-12(6)8/h3-6H,1-2H3,(H,13,14)/t6-/m0/s1. The number of nitrogens with zero attached hydrogens (tertiary/aromatic N) is 3. The minimum atomic E-state index is -0.944. The Bertz CT molecular complexity index is 408. The predicted octanol–water partition coefficient (Wildman–Crippen LogP) is 1.11. The van der Waals surface area contributed by atoms with Crippen molar-refractivity contribution in [2.75, 3.05) is 11.9 Å². The van der Waals surface area contributed by atoms with Gasteiger partial charge in [-0.1, -0.05) is 0 Å². The summed E-state index contributed by atoms with van der Waals surface area (Å²) in [5, 5.41) is 13.0. The lowest BCUT2D eigenvalue weighted by atomic mass is 10.2. The lowest BCUT2D eigenvalue weighted by Crippen LogP contribution is -2.22. The van der Waals surface area contributed by atoms with Crippen LogP contribution < -0.4 is 4.90 Å². The number of aromatic nitrogens is 2. The number of carbonyl (C=O) groups is 1. The highest BCUT2D eigenvalue weighted by molar-refractivity contribution is 5.93. The van der Waals surface area contributed by atoms with E-state index in [-0.39, 0.29) is 11.6 Å². The molecule has 1 N–H and O–H groups in total. The molecule has 1 atom stereocenters. The number of hydrogen-bond donors (Lipinski definition) is 1. The fraction of sp³-hybridized carbons (Fsp3) is 0.333. The lowest BCUT2D eigenvalue weighted by molar-refractivity contribution is 0.0697. The van der Waals surface area contributed by atoms with E-state index in [4.69, 9.17) is 5.11 Å². The Morgan fingerprint density at radius 2 is 2.36 bits per heavy atom. The van der Waals surface area contributed by atoms with Gasteiger partial charge in [0, 0.05) is 13.2 Å². The summed E-state index contributed by atoms with van der Waals surface area (Å²) >= 11 is 0. The minimum Gasteiger partial charge on any atom is -0.477 e. The monoisotopic (exact) mass is 193 g/mol. The molecule has 0 saturated heterocycles. The van der Waals surface area contributed by atoms with Gasteiger partial charge in [-0.2, -0.15) is 5.10 Å². The van der Waals surface area contributed by atoms with Gasteiger partial charge in [0.05, 0.1) is 12.2 Å². The van der Waals surface area contributed by atoms with Gasteiger partial charge < -0.3 is 10.0 Å². The second-order valence-electron chi connectivity index (χ2n) is 3.32. The molecule has 1 aromatic heterocycles. The Labute approximate surface area is 81.2 Å². The molecule has 0 amide bonds. The van der Waals surface area contributed by atoms with E-state index in [9.17, 15) is 4.79 Å². The van der Waals surface area contributed by atoms with Crippen molar-refractivity contribution in [3.05, 3.63) is 24.0 Å². The van der Waals surface area contributed by atoms with Crippen molar-refractivity contribution in [3.8, 4) is 0 Å². The number of allylic oxidation sites excluding steroid dienone is 1.